The van der Waals surface area contributed by atoms with E-state index >= 15 is 0 Å². The highest BCUT2D eigenvalue weighted by Crippen LogP contribution is 2.23. The van der Waals surface area contributed by atoms with Crippen LogP contribution in [0.15, 0.2) is 41.8 Å². The van der Waals surface area contributed by atoms with Crippen molar-refractivity contribution in [2.24, 2.45) is 0 Å². The number of hydrogen-bond acceptors (Lipinski definition) is 2. The van der Waals surface area contributed by atoms with Crippen LogP contribution in [-0.2, 0) is 6.54 Å². The smallest absolute Gasteiger partial charge is 0.0417 e. The van der Waals surface area contributed by atoms with Gasteiger partial charge < -0.3 is 5.32 Å². The minimum absolute atomic E-state index is 0.497. The molecule has 1 nitrogen and oxygen atoms in total. The summed E-state index contributed by atoms with van der Waals surface area (Å²) in [7, 11) is 0. The molecular formula is C16H21NS. The Morgan fingerprint density at radius 3 is 2.56 bits per heavy atom. The van der Waals surface area contributed by atoms with E-state index in [2.05, 4.69) is 60.9 Å². The molecule has 0 fully saturated rings. The van der Waals surface area contributed by atoms with Crippen molar-refractivity contribution < 1.29 is 0 Å². The molecule has 1 aromatic carbocycles. The zero-order chi connectivity index (χ0) is 12.8. The van der Waals surface area contributed by atoms with Gasteiger partial charge in [-0.2, -0.15) is 0 Å². The molecule has 1 heterocycles. The molecule has 1 unspecified atom stereocenters. The first-order valence-electron chi connectivity index (χ1n) is 6.62. The minimum atomic E-state index is 0.497. The quantitative estimate of drug-likeness (QED) is 0.793. The van der Waals surface area contributed by atoms with E-state index in [0.717, 1.165) is 6.54 Å². The largest absolute Gasteiger partial charge is 0.305 e. The Labute approximate surface area is 114 Å². The molecule has 2 rings (SSSR count). The Bertz CT molecular complexity index is 444. The Kier molecular flexibility index (Phi) is 4.97. The molecule has 0 spiro atoms. The van der Waals surface area contributed by atoms with Crippen LogP contribution in [-0.4, -0.2) is 0 Å². The lowest BCUT2D eigenvalue weighted by molar-refractivity contribution is 0.500. The molecule has 0 radical (unpaired) electrons. The molecule has 0 saturated carbocycles. The normalized spacial score (nSPS) is 12.6. The third-order valence-corrected chi connectivity index (χ3v) is 4.12. The number of benzene rings is 1. The highest BCUT2D eigenvalue weighted by Gasteiger charge is 2.10. The van der Waals surface area contributed by atoms with Crippen molar-refractivity contribution >= 4 is 11.3 Å². The summed E-state index contributed by atoms with van der Waals surface area (Å²) in [6.07, 6.45) is 2.41. The molecule has 1 aromatic heterocycles. The maximum absolute atomic E-state index is 3.67. The summed E-state index contributed by atoms with van der Waals surface area (Å²) in [5.41, 5.74) is 2.68. The van der Waals surface area contributed by atoms with Gasteiger partial charge in [-0.05, 0) is 30.4 Å². The van der Waals surface area contributed by atoms with Gasteiger partial charge in [-0.3, -0.25) is 0 Å². The van der Waals surface area contributed by atoms with Gasteiger partial charge in [-0.15, -0.1) is 11.3 Å². The molecular weight excluding hydrogens is 238 g/mol. The van der Waals surface area contributed by atoms with Crippen LogP contribution in [0.3, 0.4) is 0 Å². The van der Waals surface area contributed by atoms with Crippen LogP contribution in [0.2, 0.25) is 0 Å². The van der Waals surface area contributed by atoms with Crippen LogP contribution in [0.4, 0.5) is 0 Å². The second kappa shape index (κ2) is 6.72. The fourth-order valence-electron chi connectivity index (χ4n) is 2.07. The van der Waals surface area contributed by atoms with E-state index in [4.69, 9.17) is 0 Å². The minimum Gasteiger partial charge on any atom is -0.305 e. The van der Waals surface area contributed by atoms with Crippen molar-refractivity contribution in [1.82, 2.24) is 5.32 Å². The van der Waals surface area contributed by atoms with Gasteiger partial charge in [-0.25, -0.2) is 0 Å². The average molecular weight is 259 g/mol. The molecule has 0 amide bonds. The first kappa shape index (κ1) is 13.3. The fraction of sp³-hybridized carbons (Fsp3) is 0.375. The second-order valence-electron chi connectivity index (χ2n) is 4.72. The second-order valence-corrected chi connectivity index (χ2v) is 5.70. The molecule has 0 aliphatic rings. The van der Waals surface area contributed by atoms with Gasteiger partial charge in [0.25, 0.3) is 0 Å². The molecule has 0 aliphatic heterocycles. The number of rotatable bonds is 6. The molecule has 0 saturated heterocycles. The molecule has 18 heavy (non-hydrogen) atoms. The summed E-state index contributed by atoms with van der Waals surface area (Å²) in [6.45, 7) is 5.32. The lowest BCUT2D eigenvalue weighted by Gasteiger charge is -2.16. The van der Waals surface area contributed by atoms with Crippen LogP contribution in [0.25, 0.3) is 0 Å². The molecule has 2 heteroatoms. The van der Waals surface area contributed by atoms with Crippen LogP contribution in [0, 0.1) is 6.92 Å². The summed E-state index contributed by atoms with van der Waals surface area (Å²) in [5, 5.41) is 5.83. The average Bonchev–Trinajstić information content (AvgIpc) is 2.90. The van der Waals surface area contributed by atoms with Crippen LogP contribution in [0.5, 0.6) is 0 Å². The zero-order valence-electron chi connectivity index (χ0n) is 11.1. The van der Waals surface area contributed by atoms with Crippen LogP contribution < -0.4 is 5.32 Å². The summed E-state index contributed by atoms with van der Waals surface area (Å²) < 4.78 is 0. The summed E-state index contributed by atoms with van der Waals surface area (Å²) >= 11 is 1.85. The Morgan fingerprint density at radius 1 is 1.17 bits per heavy atom. The summed E-state index contributed by atoms with van der Waals surface area (Å²) in [4.78, 5) is 1.45. The Morgan fingerprint density at radius 2 is 1.94 bits per heavy atom. The monoisotopic (exact) mass is 259 g/mol. The van der Waals surface area contributed by atoms with E-state index in [0.29, 0.717) is 6.04 Å². The first-order valence-corrected chi connectivity index (χ1v) is 7.50. The Hall–Kier alpha value is -1.12. The molecule has 2 aromatic rings. The van der Waals surface area contributed by atoms with Crippen molar-refractivity contribution in [3.8, 4) is 0 Å². The van der Waals surface area contributed by atoms with E-state index in [1.807, 2.05) is 11.3 Å². The molecule has 0 bridgehead atoms. The van der Waals surface area contributed by atoms with E-state index in [1.54, 1.807) is 0 Å². The number of thiophene rings is 1. The van der Waals surface area contributed by atoms with Crippen molar-refractivity contribution in [1.29, 1.82) is 0 Å². The maximum Gasteiger partial charge on any atom is 0.0417 e. The molecule has 1 N–H and O–H groups in total. The molecule has 96 valence electrons. The van der Waals surface area contributed by atoms with Crippen LogP contribution in [0.1, 0.15) is 41.8 Å². The van der Waals surface area contributed by atoms with Gasteiger partial charge in [-0.1, -0.05) is 49.2 Å². The van der Waals surface area contributed by atoms with Crippen molar-refractivity contribution in [3.63, 3.8) is 0 Å². The highest BCUT2D eigenvalue weighted by molar-refractivity contribution is 7.10. The van der Waals surface area contributed by atoms with Gasteiger partial charge in [0.15, 0.2) is 0 Å². The van der Waals surface area contributed by atoms with E-state index in [9.17, 15) is 0 Å². The van der Waals surface area contributed by atoms with E-state index in [-0.39, 0.29) is 0 Å². The van der Waals surface area contributed by atoms with Gasteiger partial charge >= 0.3 is 0 Å². The first-order chi connectivity index (χ1) is 8.79. The third kappa shape index (κ3) is 3.69. The predicted octanol–water partition coefficient (Wildman–Crippen LogP) is 4.69. The van der Waals surface area contributed by atoms with Gasteiger partial charge in [0, 0.05) is 17.5 Å². The lowest BCUT2D eigenvalue weighted by Crippen LogP contribution is -2.19. The number of aryl methyl sites for hydroxylation is 1. The highest BCUT2D eigenvalue weighted by atomic mass is 32.1. The van der Waals surface area contributed by atoms with E-state index < -0.39 is 0 Å². The third-order valence-electron chi connectivity index (χ3n) is 3.14. The van der Waals surface area contributed by atoms with Gasteiger partial charge in [0.05, 0.1) is 0 Å². The van der Waals surface area contributed by atoms with E-state index in [1.165, 1.54) is 28.8 Å². The topological polar surface area (TPSA) is 12.0 Å². The van der Waals surface area contributed by atoms with Crippen LogP contribution >= 0.6 is 11.3 Å². The number of hydrogen-bond donors (Lipinski definition) is 1. The molecule has 0 aliphatic carbocycles. The standard InChI is InChI=1S/C16H21NS/c1-3-5-15(16-6-4-11-18-16)17-12-14-9-7-13(2)8-10-14/h4,6-11,15,17H,3,5,12H2,1-2H3. The van der Waals surface area contributed by atoms with Crippen molar-refractivity contribution in [2.75, 3.05) is 0 Å². The van der Waals surface area contributed by atoms with Crippen molar-refractivity contribution in [3.05, 3.63) is 57.8 Å². The number of nitrogens with one attached hydrogen (secondary N) is 1. The van der Waals surface area contributed by atoms with Gasteiger partial charge in [0.1, 0.15) is 0 Å². The maximum atomic E-state index is 3.67. The zero-order valence-corrected chi connectivity index (χ0v) is 12.0. The molecule has 1 atom stereocenters. The van der Waals surface area contributed by atoms with Gasteiger partial charge in [0.2, 0.25) is 0 Å². The summed E-state index contributed by atoms with van der Waals surface area (Å²) in [6, 6.07) is 13.6. The fourth-order valence-corrected chi connectivity index (χ4v) is 2.91. The predicted molar refractivity (Wildman–Crippen MR) is 80.0 cm³/mol. The Balaban J connectivity index is 1.95. The lowest BCUT2D eigenvalue weighted by atomic mass is 10.1. The SMILES string of the molecule is CCCC(NCc1ccc(C)cc1)c1cccs1. The summed E-state index contributed by atoms with van der Waals surface area (Å²) in [5.74, 6) is 0. The van der Waals surface area contributed by atoms with Crippen molar-refractivity contribution in [2.45, 2.75) is 39.3 Å².